The summed E-state index contributed by atoms with van der Waals surface area (Å²) in [5.74, 6) is -0.0781. The Kier molecular flexibility index (Phi) is 5.06. The van der Waals surface area contributed by atoms with Crippen molar-refractivity contribution in [1.82, 2.24) is 14.8 Å². The van der Waals surface area contributed by atoms with Crippen molar-refractivity contribution in [3.8, 4) is 0 Å². The number of rotatable bonds is 4. The number of hydrogen-bond acceptors (Lipinski definition) is 3. The van der Waals surface area contributed by atoms with Crippen LogP contribution in [0.15, 0.2) is 60.9 Å². The first-order valence-electron chi connectivity index (χ1n) is 10.7. The molecule has 1 unspecified atom stereocenters. The topological polar surface area (TPSA) is 19.4 Å². The summed E-state index contributed by atoms with van der Waals surface area (Å²) in [6.07, 6.45) is 7.58. The molecular weight excluding hydrogens is 361 g/mol. The van der Waals surface area contributed by atoms with Gasteiger partial charge >= 0.3 is 0 Å². The maximum absolute atomic E-state index is 14.1. The van der Waals surface area contributed by atoms with E-state index < -0.39 is 0 Å². The molecule has 0 radical (unpaired) electrons. The molecule has 1 spiro atoms. The lowest BCUT2D eigenvalue weighted by Crippen LogP contribution is -2.44. The zero-order chi connectivity index (χ0) is 19.7. The molecule has 2 aromatic carbocycles. The molecule has 0 aliphatic carbocycles. The fourth-order valence-electron chi connectivity index (χ4n) is 5.38. The Morgan fingerprint density at radius 2 is 1.66 bits per heavy atom. The van der Waals surface area contributed by atoms with Crippen LogP contribution in [0.1, 0.15) is 30.4 Å². The second kappa shape index (κ2) is 7.85. The zero-order valence-corrected chi connectivity index (χ0v) is 16.9. The van der Waals surface area contributed by atoms with E-state index >= 15 is 0 Å². The number of piperidine rings is 1. The van der Waals surface area contributed by atoms with Crippen molar-refractivity contribution >= 4 is 10.8 Å². The van der Waals surface area contributed by atoms with Gasteiger partial charge in [0, 0.05) is 49.5 Å². The zero-order valence-electron chi connectivity index (χ0n) is 16.9. The molecule has 2 fully saturated rings. The van der Waals surface area contributed by atoms with Gasteiger partial charge in [-0.25, -0.2) is 4.39 Å². The Morgan fingerprint density at radius 1 is 0.862 bits per heavy atom. The summed E-state index contributed by atoms with van der Waals surface area (Å²) in [6.45, 7) is 6.17. The maximum atomic E-state index is 14.1. The van der Waals surface area contributed by atoms with Gasteiger partial charge in [-0.1, -0.05) is 36.4 Å². The van der Waals surface area contributed by atoms with E-state index in [0.29, 0.717) is 5.41 Å². The van der Waals surface area contributed by atoms with E-state index in [1.54, 1.807) is 12.1 Å². The molecule has 150 valence electrons. The number of benzene rings is 2. The van der Waals surface area contributed by atoms with Gasteiger partial charge in [0.2, 0.25) is 0 Å². The van der Waals surface area contributed by atoms with Gasteiger partial charge in [0.25, 0.3) is 0 Å². The van der Waals surface area contributed by atoms with Crippen LogP contribution in [0, 0.1) is 11.2 Å². The van der Waals surface area contributed by atoms with Gasteiger partial charge in [-0.2, -0.15) is 0 Å². The number of nitrogens with zero attached hydrogens (tertiary/aromatic N) is 3. The van der Waals surface area contributed by atoms with E-state index in [4.69, 9.17) is 0 Å². The van der Waals surface area contributed by atoms with E-state index in [1.807, 2.05) is 24.5 Å². The molecule has 2 saturated heterocycles. The van der Waals surface area contributed by atoms with E-state index in [2.05, 4.69) is 39.0 Å². The van der Waals surface area contributed by atoms with Crippen LogP contribution < -0.4 is 0 Å². The smallest absolute Gasteiger partial charge is 0.127 e. The lowest BCUT2D eigenvalue weighted by molar-refractivity contribution is 0.0858. The normalized spacial score (nSPS) is 23.2. The van der Waals surface area contributed by atoms with Crippen molar-refractivity contribution in [3.63, 3.8) is 0 Å². The average Bonchev–Trinajstić information content (AvgIpc) is 3.11. The Balaban J connectivity index is 1.27. The Morgan fingerprint density at radius 3 is 2.55 bits per heavy atom. The highest BCUT2D eigenvalue weighted by Crippen LogP contribution is 2.40. The van der Waals surface area contributed by atoms with E-state index in [1.165, 1.54) is 35.6 Å². The monoisotopic (exact) mass is 389 g/mol. The van der Waals surface area contributed by atoms with E-state index in [0.717, 1.165) is 44.8 Å². The summed E-state index contributed by atoms with van der Waals surface area (Å²) in [5, 5.41) is 2.53. The first-order valence-corrected chi connectivity index (χ1v) is 10.7. The van der Waals surface area contributed by atoms with Crippen molar-refractivity contribution in [2.45, 2.75) is 32.4 Å². The number of pyridine rings is 1. The van der Waals surface area contributed by atoms with E-state index in [9.17, 15) is 4.39 Å². The number of fused-ring (bicyclic) bond motifs is 1. The number of aromatic nitrogens is 1. The highest BCUT2D eigenvalue weighted by atomic mass is 19.1. The quantitative estimate of drug-likeness (QED) is 0.635. The lowest BCUT2D eigenvalue weighted by atomic mass is 9.79. The van der Waals surface area contributed by atoms with Crippen LogP contribution >= 0.6 is 0 Å². The number of halogens is 1. The average molecular weight is 390 g/mol. The van der Waals surface area contributed by atoms with Crippen molar-refractivity contribution in [2.75, 3.05) is 26.2 Å². The molecule has 2 aliphatic rings. The Bertz CT molecular complexity index is 999. The SMILES string of the molecule is Fc1ccccc1CN1CCCC2(CCN(Cc3cccc4cnccc34)C2)C1. The standard InChI is InChI=1S/C25H28FN3/c26-24-8-2-1-5-22(24)17-28-13-4-10-25(18-28)11-14-29(19-25)16-21-7-3-6-20-15-27-12-9-23(20)21/h1-3,5-9,12,15H,4,10-11,13-14,16-19H2. The van der Waals surface area contributed by atoms with Crippen LogP contribution in [0.4, 0.5) is 4.39 Å². The van der Waals surface area contributed by atoms with Gasteiger partial charge in [-0.15, -0.1) is 0 Å². The third kappa shape index (κ3) is 3.92. The summed E-state index contributed by atoms with van der Waals surface area (Å²) in [6, 6.07) is 15.9. The van der Waals surface area contributed by atoms with Crippen molar-refractivity contribution in [3.05, 3.63) is 77.9 Å². The molecule has 0 N–H and O–H groups in total. The Hall–Kier alpha value is -2.30. The molecule has 0 bridgehead atoms. The third-order valence-electron chi connectivity index (χ3n) is 6.77. The third-order valence-corrected chi connectivity index (χ3v) is 6.77. The van der Waals surface area contributed by atoms with Crippen LogP contribution in [-0.2, 0) is 13.1 Å². The largest absolute Gasteiger partial charge is 0.298 e. The summed E-state index contributed by atoms with van der Waals surface area (Å²) in [5.41, 5.74) is 2.57. The first-order chi connectivity index (χ1) is 14.2. The molecule has 1 atom stereocenters. The summed E-state index contributed by atoms with van der Waals surface area (Å²) >= 11 is 0. The Labute approximate surface area is 172 Å². The molecule has 1 aromatic heterocycles. The van der Waals surface area contributed by atoms with Gasteiger partial charge in [0.1, 0.15) is 5.82 Å². The van der Waals surface area contributed by atoms with Gasteiger partial charge in [0.05, 0.1) is 0 Å². The fraction of sp³-hybridized carbons (Fsp3) is 0.400. The first kappa shape index (κ1) is 18.7. The lowest BCUT2D eigenvalue weighted by Gasteiger charge is -2.40. The van der Waals surface area contributed by atoms with Crippen LogP contribution in [0.2, 0.25) is 0 Å². The van der Waals surface area contributed by atoms with Gasteiger partial charge in [-0.3, -0.25) is 14.8 Å². The van der Waals surface area contributed by atoms with Crippen molar-refractivity contribution < 1.29 is 4.39 Å². The van der Waals surface area contributed by atoms with Crippen molar-refractivity contribution in [2.24, 2.45) is 5.41 Å². The number of likely N-dealkylation sites (tertiary alicyclic amines) is 2. The molecule has 2 aliphatic heterocycles. The van der Waals surface area contributed by atoms with Gasteiger partial charge in [-0.05, 0) is 60.8 Å². The minimum absolute atomic E-state index is 0.0781. The molecular formula is C25H28FN3. The highest BCUT2D eigenvalue weighted by Gasteiger charge is 2.41. The molecule has 5 rings (SSSR count). The van der Waals surface area contributed by atoms with Gasteiger partial charge in [0.15, 0.2) is 0 Å². The molecule has 0 saturated carbocycles. The second-order valence-electron chi connectivity index (χ2n) is 8.88. The molecule has 3 nitrogen and oxygen atoms in total. The minimum Gasteiger partial charge on any atom is -0.298 e. The fourth-order valence-corrected chi connectivity index (χ4v) is 5.38. The molecule has 29 heavy (non-hydrogen) atoms. The summed E-state index contributed by atoms with van der Waals surface area (Å²) < 4.78 is 14.1. The van der Waals surface area contributed by atoms with Crippen LogP contribution in [0.25, 0.3) is 10.8 Å². The summed E-state index contributed by atoms with van der Waals surface area (Å²) in [7, 11) is 0. The van der Waals surface area contributed by atoms with Crippen LogP contribution in [0.5, 0.6) is 0 Å². The van der Waals surface area contributed by atoms with E-state index in [-0.39, 0.29) is 5.82 Å². The minimum atomic E-state index is -0.0781. The molecule has 3 heterocycles. The predicted molar refractivity (Wildman–Crippen MR) is 115 cm³/mol. The molecule has 4 heteroatoms. The summed E-state index contributed by atoms with van der Waals surface area (Å²) in [4.78, 5) is 9.34. The van der Waals surface area contributed by atoms with Crippen LogP contribution in [-0.4, -0.2) is 41.0 Å². The van der Waals surface area contributed by atoms with Gasteiger partial charge < -0.3 is 0 Å². The highest BCUT2D eigenvalue weighted by molar-refractivity contribution is 5.84. The van der Waals surface area contributed by atoms with Crippen LogP contribution in [0.3, 0.4) is 0 Å². The molecule has 0 amide bonds. The maximum Gasteiger partial charge on any atom is 0.127 e. The second-order valence-corrected chi connectivity index (χ2v) is 8.88. The van der Waals surface area contributed by atoms with Crippen molar-refractivity contribution in [1.29, 1.82) is 0 Å². The predicted octanol–water partition coefficient (Wildman–Crippen LogP) is 4.86. The molecule has 3 aromatic rings. The number of hydrogen-bond donors (Lipinski definition) is 0.